The van der Waals surface area contributed by atoms with E-state index in [1.807, 2.05) is 0 Å². The van der Waals surface area contributed by atoms with Crippen LogP contribution in [0.4, 0.5) is 0 Å². The molecule has 198 valence electrons. The molecule has 2 amide bonds. The Kier molecular flexibility index (Phi) is 13.8. The average Bonchev–Trinajstić information content (AvgIpc) is 2.67. The number of guanidine groups is 1. The predicted octanol–water partition coefficient (Wildman–Crippen LogP) is -3.34. The second-order valence-corrected chi connectivity index (χ2v) is 10.6. The molecule has 0 aromatic carbocycles. The molecule has 14 N–H and O–H groups in total. The van der Waals surface area contributed by atoms with Gasteiger partial charge in [0.15, 0.2) is 5.96 Å². The Morgan fingerprint density at radius 3 is 2.21 bits per heavy atom. The van der Waals surface area contributed by atoms with Crippen LogP contribution in [0.1, 0.15) is 39.0 Å². The Hall–Kier alpha value is -2.34. The number of amides is 2. The number of carbonyl (C=O) groups is 3. The smallest absolute Gasteiger partial charge is 0.341 e. The van der Waals surface area contributed by atoms with E-state index in [9.17, 15) is 32.5 Å². The second kappa shape index (κ2) is 14.8. The van der Waals surface area contributed by atoms with Gasteiger partial charge in [-0.15, -0.1) is 4.49 Å². The summed E-state index contributed by atoms with van der Waals surface area (Å²) in [4.78, 5) is 39.6. The molecule has 0 saturated carbocycles. The molecule has 0 aromatic heterocycles. The van der Waals surface area contributed by atoms with E-state index in [-0.39, 0.29) is 31.8 Å². The van der Waals surface area contributed by atoms with E-state index in [1.165, 1.54) is 11.4 Å². The Bertz CT molecular complexity index is 881. The Morgan fingerprint density at radius 1 is 1.06 bits per heavy atom. The van der Waals surface area contributed by atoms with Crippen LogP contribution < -0.4 is 42.9 Å². The summed E-state index contributed by atoms with van der Waals surface area (Å²) in [7, 11) is -8.84. The maximum Gasteiger partial charge on any atom is 0.341 e. The number of nitrogens with zero attached hydrogens (tertiary/aromatic N) is 1. The number of hydrogen-bond donors (Lipinski definition) is 10. The zero-order valence-electron chi connectivity index (χ0n) is 18.6. The van der Waals surface area contributed by atoms with Gasteiger partial charge >= 0.3 is 16.3 Å². The van der Waals surface area contributed by atoms with Gasteiger partial charge < -0.3 is 32.9 Å². The van der Waals surface area contributed by atoms with Crippen molar-refractivity contribution in [2.24, 2.45) is 27.7 Å². The van der Waals surface area contributed by atoms with E-state index in [0.29, 0.717) is 19.4 Å². The summed E-state index contributed by atoms with van der Waals surface area (Å²) in [6.45, 7) is 1.57. The Balaban J connectivity index is 4.47. The first-order chi connectivity index (χ1) is 15.5. The van der Waals surface area contributed by atoms with E-state index in [0.717, 1.165) is 0 Å². The first-order valence-corrected chi connectivity index (χ1v) is 13.3. The lowest BCUT2D eigenvalue weighted by atomic mass is 10.1. The van der Waals surface area contributed by atoms with Gasteiger partial charge in [-0.25, -0.2) is 9.88 Å². The highest BCUT2D eigenvalue weighted by Gasteiger charge is 2.25. The number of aliphatic carboxylic acids is 1. The van der Waals surface area contributed by atoms with Gasteiger partial charge in [-0.05, 0) is 39.0 Å². The molecule has 0 aliphatic carbocycles. The molecule has 0 fully saturated rings. The molecule has 0 saturated heterocycles. The van der Waals surface area contributed by atoms with Crippen molar-refractivity contribution in [1.82, 2.24) is 20.2 Å². The fourth-order valence-electron chi connectivity index (χ4n) is 2.51. The van der Waals surface area contributed by atoms with Crippen LogP contribution in [0.5, 0.6) is 0 Å². The first-order valence-electron chi connectivity index (χ1n) is 10.1. The molecule has 0 aliphatic heterocycles. The maximum atomic E-state index is 12.3. The van der Waals surface area contributed by atoms with Crippen molar-refractivity contribution in [2.45, 2.75) is 57.2 Å². The lowest BCUT2D eigenvalue weighted by Crippen LogP contribution is -2.53. The third-order valence-electron chi connectivity index (χ3n) is 4.19. The Labute approximate surface area is 197 Å². The molecule has 0 spiro atoms. The monoisotopic (exact) mass is 531 g/mol. The fourth-order valence-corrected chi connectivity index (χ4v) is 4.63. The van der Waals surface area contributed by atoms with Crippen LogP contribution in [0.15, 0.2) is 4.99 Å². The SMILES string of the molecule is C[C@H](NC(=O)[C@@H](N)CCCNP(N)(=O)NS(=O)(=O)O)C(=O)N[C@@H](CCCCN=C(N)N)C(=O)O. The summed E-state index contributed by atoms with van der Waals surface area (Å²) in [5, 5.41) is 16.2. The summed E-state index contributed by atoms with van der Waals surface area (Å²) in [6.07, 6.45) is 1.27. The van der Waals surface area contributed by atoms with Gasteiger partial charge in [0.05, 0.1) is 6.04 Å². The highest BCUT2D eigenvalue weighted by molar-refractivity contribution is 7.90. The minimum absolute atomic E-state index is 0.0482. The number of hydrogen-bond acceptors (Lipinski definition) is 8. The van der Waals surface area contributed by atoms with Crippen molar-refractivity contribution in [1.29, 1.82) is 0 Å². The van der Waals surface area contributed by atoms with Crippen molar-refractivity contribution in [2.75, 3.05) is 13.1 Å². The summed E-state index contributed by atoms with van der Waals surface area (Å²) in [6, 6.07) is -3.33. The molecule has 1 unspecified atom stereocenters. The van der Waals surface area contributed by atoms with Gasteiger partial charge in [0.1, 0.15) is 12.1 Å². The number of carbonyl (C=O) groups excluding carboxylic acids is 2. The molecular formula is C15H34N9O8PS. The summed E-state index contributed by atoms with van der Waals surface area (Å²) in [5.74, 6) is -2.73. The minimum atomic E-state index is -4.77. The lowest BCUT2D eigenvalue weighted by molar-refractivity contribution is -0.142. The van der Waals surface area contributed by atoms with Gasteiger partial charge in [0.25, 0.3) is 7.59 Å². The van der Waals surface area contributed by atoms with Crippen LogP contribution in [-0.4, -0.2) is 73.0 Å². The third kappa shape index (κ3) is 15.5. The highest BCUT2D eigenvalue weighted by atomic mass is 32.2. The highest BCUT2D eigenvalue weighted by Crippen LogP contribution is 2.25. The number of aliphatic imine (C=N–C) groups is 1. The van der Waals surface area contributed by atoms with E-state index in [1.54, 1.807) is 0 Å². The molecule has 17 nitrogen and oxygen atoms in total. The van der Waals surface area contributed by atoms with Crippen LogP contribution >= 0.6 is 7.59 Å². The molecule has 0 aromatic rings. The number of nitrogens with one attached hydrogen (secondary N) is 4. The number of nitrogens with two attached hydrogens (primary N) is 4. The molecular weight excluding hydrogens is 497 g/mol. The third-order valence-corrected chi connectivity index (χ3v) is 6.89. The lowest BCUT2D eigenvalue weighted by Gasteiger charge is -2.20. The van der Waals surface area contributed by atoms with E-state index in [2.05, 4.69) is 20.7 Å². The predicted molar refractivity (Wildman–Crippen MR) is 123 cm³/mol. The van der Waals surface area contributed by atoms with Crippen molar-refractivity contribution in [3.63, 3.8) is 0 Å². The van der Waals surface area contributed by atoms with Crippen LogP contribution in [-0.2, 0) is 29.3 Å². The van der Waals surface area contributed by atoms with Gasteiger partial charge in [0.2, 0.25) is 11.8 Å². The second-order valence-electron chi connectivity index (χ2n) is 7.31. The molecule has 0 radical (unpaired) electrons. The van der Waals surface area contributed by atoms with Gasteiger partial charge in [-0.3, -0.25) is 29.2 Å². The van der Waals surface area contributed by atoms with Crippen LogP contribution in [0.3, 0.4) is 0 Å². The number of unbranched alkanes of at least 4 members (excludes halogenated alkanes) is 1. The normalized spacial score (nSPS) is 15.9. The molecule has 0 bridgehead atoms. The molecule has 0 aliphatic rings. The molecule has 0 rings (SSSR count). The topological polar surface area (TPSA) is 307 Å². The van der Waals surface area contributed by atoms with Crippen molar-refractivity contribution >= 4 is 41.6 Å². The number of carboxylic acid groups (broad SMARTS) is 1. The van der Waals surface area contributed by atoms with Gasteiger partial charge in [-0.1, -0.05) is 0 Å². The Morgan fingerprint density at radius 2 is 1.68 bits per heavy atom. The summed E-state index contributed by atoms with van der Waals surface area (Å²) < 4.78 is 42.9. The maximum absolute atomic E-state index is 12.3. The molecule has 0 heterocycles. The molecule has 19 heteroatoms. The van der Waals surface area contributed by atoms with E-state index in [4.69, 9.17) is 27.3 Å². The van der Waals surface area contributed by atoms with Crippen LogP contribution in [0.25, 0.3) is 0 Å². The van der Waals surface area contributed by atoms with Crippen molar-refractivity contribution in [3.8, 4) is 0 Å². The van der Waals surface area contributed by atoms with Crippen LogP contribution in [0, 0.1) is 0 Å². The van der Waals surface area contributed by atoms with E-state index < -0.39 is 53.8 Å². The standard InChI is InChI=1S/C15H34N9O8PS/c1-9(12(25)23-11(14(27)28)6-2-3-7-20-15(17)18)22-13(26)10(16)5-4-8-21-33(19,29)24-34(30,31)32/h9-11H,2-8,16H2,1H3,(H,22,26)(H,23,25)(H,27,28)(H4,17,18,20)(H,30,31,32)(H4,19,21,24,29)/t9-,10-,11-,33?/m0/s1. The summed E-state index contributed by atoms with van der Waals surface area (Å²) >= 11 is 0. The minimum Gasteiger partial charge on any atom is -0.480 e. The number of carboxylic acids is 1. The zero-order chi connectivity index (χ0) is 26.5. The van der Waals surface area contributed by atoms with E-state index >= 15 is 0 Å². The number of rotatable bonds is 17. The quantitative estimate of drug-likeness (QED) is 0.0289. The van der Waals surface area contributed by atoms with Gasteiger partial charge in [0, 0.05) is 13.1 Å². The first kappa shape index (κ1) is 31.7. The van der Waals surface area contributed by atoms with Crippen molar-refractivity contribution < 1.29 is 37.0 Å². The molecule has 34 heavy (non-hydrogen) atoms. The zero-order valence-corrected chi connectivity index (χ0v) is 20.3. The fraction of sp³-hybridized carbons (Fsp3) is 0.733. The molecule has 4 atom stereocenters. The summed E-state index contributed by atoms with van der Waals surface area (Å²) in [5.41, 5.74) is 21.3. The van der Waals surface area contributed by atoms with Crippen molar-refractivity contribution in [3.05, 3.63) is 0 Å². The average molecular weight is 532 g/mol. The largest absolute Gasteiger partial charge is 0.480 e. The van der Waals surface area contributed by atoms with Gasteiger partial charge in [-0.2, -0.15) is 8.42 Å². The van der Waals surface area contributed by atoms with Crippen LogP contribution in [0.2, 0.25) is 0 Å².